The molecule has 0 aliphatic carbocycles. The first kappa shape index (κ1) is 12.2. The van der Waals surface area contributed by atoms with E-state index in [2.05, 4.69) is 0 Å². The summed E-state index contributed by atoms with van der Waals surface area (Å²) in [6.45, 7) is 1.84. The second kappa shape index (κ2) is 5.30. The first-order chi connectivity index (χ1) is 7.50. The SMILES string of the molecule is Cc1cccc(CCC(=O)O)c1CC(=O)O. The maximum absolute atomic E-state index is 10.7. The number of aliphatic carboxylic acids is 2. The van der Waals surface area contributed by atoms with Crippen LogP contribution >= 0.6 is 0 Å². The lowest BCUT2D eigenvalue weighted by atomic mass is 9.96. The van der Waals surface area contributed by atoms with E-state index in [1.165, 1.54) is 0 Å². The molecule has 2 N–H and O–H groups in total. The highest BCUT2D eigenvalue weighted by atomic mass is 16.4. The van der Waals surface area contributed by atoms with Gasteiger partial charge in [-0.15, -0.1) is 0 Å². The molecule has 0 fully saturated rings. The van der Waals surface area contributed by atoms with E-state index in [-0.39, 0.29) is 12.8 Å². The Bertz CT molecular complexity index is 409. The minimum atomic E-state index is -0.897. The fourth-order valence-corrected chi connectivity index (χ4v) is 1.64. The van der Waals surface area contributed by atoms with E-state index in [4.69, 9.17) is 10.2 Å². The Balaban J connectivity index is 2.93. The van der Waals surface area contributed by atoms with Crippen LogP contribution < -0.4 is 0 Å². The number of benzene rings is 1. The van der Waals surface area contributed by atoms with Crippen molar-refractivity contribution in [2.45, 2.75) is 26.2 Å². The zero-order chi connectivity index (χ0) is 12.1. The Morgan fingerprint density at radius 1 is 1.19 bits per heavy atom. The minimum absolute atomic E-state index is 0.0239. The third-order valence-electron chi connectivity index (χ3n) is 2.44. The molecule has 0 saturated heterocycles. The van der Waals surface area contributed by atoms with E-state index in [0.29, 0.717) is 6.42 Å². The highest BCUT2D eigenvalue weighted by Gasteiger charge is 2.10. The Hall–Kier alpha value is -1.84. The fraction of sp³-hybridized carbons (Fsp3) is 0.333. The summed E-state index contributed by atoms with van der Waals surface area (Å²) >= 11 is 0. The zero-order valence-corrected chi connectivity index (χ0v) is 9.06. The van der Waals surface area contributed by atoms with Crippen LogP contribution in [0.1, 0.15) is 23.1 Å². The van der Waals surface area contributed by atoms with Crippen molar-refractivity contribution in [3.63, 3.8) is 0 Å². The normalized spacial score (nSPS) is 10.1. The number of carboxylic acids is 2. The highest BCUT2D eigenvalue weighted by Crippen LogP contribution is 2.16. The first-order valence-corrected chi connectivity index (χ1v) is 5.01. The Labute approximate surface area is 93.5 Å². The molecule has 0 atom stereocenters. The van der Waals surface area contributed by atoms with Gasteiger partial charge in [-0.3, -0.25) is 9.59 Å². The first-order valence-electron chi connectivity index (χ1n) is 5.01. The van der Waals surface area contributed by atoms with Gasteiger partial charge in [0, 0.05) is 6.42 Å². The smallest absolute Gasteiger partial charge is 0.307 e. The number of aryl methyl sites for hydroxylation is 2. The van der Waals surface area contributed by atoms with Crippen molar-refractivity contribution >= 4 is 11.9 Å². The monoisotopic (exact) mass is 222 g/mol. The average Bonchev–Trinajstić information content (AvgIpc) is 2.18. The van der Waals surface area contributed by atoms with Crippen LogP contribution in [-0.2, 0) is 22.4 Å². The summed E-state index contributed by atoms with van der Waals surface area (Å²) in [5.74, 6) is -1.77. The van der Waals surface area contributed by atoms with E-state index in [0.717, 1.165) is 16.7 Å². The van der Waals surface area contributed by atoms with Crippen molar-refractivity contribution in [2.24, 2.45) is 0 Å². The summed E-state index contributed by atoms with van der Waals surface area (Å²) in [6, 6.07) is 5.44. The predicted molar refractivity (Wildman–Crippen MR) is 58.5 cm³/mol. The number of carboxylic acid groups (broad SMARTS) is 2. The Morgan fingerprint density at radius 3 is 2.44 bits per heavy atom. The lowest BCUT2D eigenvalue weighted by Crippen LogP contribution is -2.07. The molecule has 4 heteroatoms. The summed E-state index contributed by atoms with van der Waals surface area (Å²) in [5, 5.41) is 17.4. The van der Waals surface area contributed by atoms with Gasteiger partial charge in [0.2, 0.25) is 0 Å². The van der Waals surface area contributed by atoms with Crippen LogP contribution in [0.3, 0.4) is 0 Å². The molecule has 0 spiro atoms. The summed E-state index contributed by atoms with van der Waals surface area (Å²) in [5.41, 5.74) is 2.44. The molecule has 0 heterocycles. The second-order valence-corrected chi connectivity index (χ2v) is 3.68. The van der Waals surface area contributed by atoms with E-state index in [1.807, 2.05) is 19.1 Å². The minimum Gasteiger partial charge on any atom is -0.481 e. The second-order valence-electron chi connectivity index (χ2n) is 3.68. The maximum atomic E-state index is 10.7. The van der Waals surface area contributed by atoms with E-state index in [9.17, 15) is 9.59 Å². The summed E-state index contributed by atoms with van der Waals surface area (Å²) in [6.07, 6.45) is 0.345. The molecule has 4 nitrogen and oxygen atoms in total. The molecule has 0 unspecified atom stereocenters. The summed E-state index contributed by atoms with van der Waals surface area (Å²) in [7, 11) is 0. The van der Waals surface area contributed by atoms with Gasteiger partial charge in [-0.25, -0.2) is 0 Å². The molecular formula is C12H14O4. The van der Waals surface area contributed by atoms with Crippen LogP contribution in [-0.4, -0.2) is 22.2 Å². The van der Waals surface area contributed by atoms with Crippen LogP contribution in [0.4, 0.5) is 0 Å². The van der Waals surface area contributed by atoms with Gasteiger partial charge in [0.1, 0.15) is 0 Å². The van der Waals surface area contributed by atoms with Gasteiger partial charge in [-0.05, 0) is 30.0 Å². The molecule has 16 heavy (non-hydrogen) atoms. The van der Waals surface area contributed by atoms with Gasteiger partial charge in [-0.1, -0.05) is 18.2 Å². The van der Waals surface area contributed by atoms with Crippen LogP contribution in [0.15, 0.2) is 18.2 Å². The Kier molecular flexibility index (Phi) is 4.05. The van der Waals surface area contributed by atoms with Gasteiger partial charge in [0.05, 0.1) is 6.42 Å². The molecular weight excluding hydrogens is 208 g/mol. The maximum Gasteiger partial charge on any atom is 0.307 e. The number of hydrogen-bond donors (Lipinski definition) is 2. The van der Waals surface area contributed by atoms with Crippen LogP contribution in [0.2, 0.25) is 0 Å². The molecule has 1 rings (SSSR count). The largest absolute Gasteiger partial charge is 0.481 e. The predicted octanol–water partition coefficient (Wildman–Crippen LogP) is 1.64. The van der Waals surface area contributed by atoms with Crippen molar-refractivity contribution in [1.82, 2.24) is 0 Å². The van der Waals surface area contributed by atoms with Gasteiger partial charge in [0.25, 0.3) is 0 Å². The lowest BCUT2D eigenvalue weighted by molar-refractivity contribution is -0.137. The Morgan fingerprint density at radius 2 is 1.88 bits per heavy atom. The molecule has 0 saturated carbocycles. The fourth-order valence-electron chi connectivity index (χ4n) is 1.64. The molecule has 0 radical (unpaired) electrons. The van der Waals surface area contributed by atoms with E-state index >= 15 is 0 Å². The molecule has 1 aromatic rings. The van der Waals surface area contributed by atoms with Crippen LogP contribution in [0.25, 0.3) is 0 Å². The third-order valence-corrected chi connectivity index (χ3v) is 2.44. The molecule has 0 aliphatic heterocycles. The number of rotatable bonds is 5. The van der Waals surface area contributed by atoms with Crippen molar-refractivity contribution < 1.29 is 19.8 Å². The summed E-state index contributed by atoms with van der Waals surface area (Å²) < 4.78 is 0. The zero-order valence-electron chi connectivity index (χ0n) is 9.06. The van der Waals surface area contributed by atoms with Crippen molar-refractivity contribution in [3.05, 3.63) is 34.9 Å². The topological polar surface area (TPSA) is 74.6 Å². The van der Waals surface area contributed by atoms with E-state index < -0.39 is 11.9 Å². The van der Waals surface area contributed by atoms with Gasteiger partial charge in [-0.2, -0.15) is 0 Å². The van der Waals surface area contributed by atoms with Gasteiger partial charge < -0.3 is 10.2 Å². The van der Waals surface area contributed by atoms with Crippen molar-refractivity contribution in [2.75, 3.05) is 0 Å². The van der Waals surface area contributed by atoms with Crippen molar-refractivity contribution in [1.29, 1.82) is 0 Å². The number of carbonyl (C=O) groups is 2. The quantitative estimate of drug-likeness (QED) is 0.794. The molecule has 86 valence electrons. The average molecular weight is 222 g/mol. The van der Waals surface area contributed by atoms with Crippen LogP contribution in [0, 0.1) is 6.92 Å². The molecule has 0 bridgehead atoms. The molecule has 0 aliphatic rings. The molecule has 0 aromatic heterocycles. The van der Waals surface area contributed by atoms with E-state index in [1.54, 1.807) is 6.07 Å². The standard InChI is InChI=1S/C12H14O4/c1-8-3-2-4-9(5-6-11(13)14)10(8)7-12(15)16/h2-4H,5-7H2,1H3,(H,13,14)(H,15,16). The van der Waals surface area contributed by atoms with Gasteiger partial charge in [0.15, 0.2) is 0 Å². The number of hydrogen-bond acceptors (Lipinski definition) is 2. The third kappa shape index (κ3) is 3.38. The lowest BCUT2D eigenvalue weighted by Gasteiger charge is -2.09. The van der Waals surface area contributed by atoms with Crippen molar-refractivity contribution in [3.8, 4) is 0 Å². The van der Waals surface area contributed by atoms with Gasteiger partial charge >= 0.3 is 11.9 Å². The van der Waals surface area contributed by atoms with Crippen LogP contribution in [0.5, 0.6) is 0 Å². The summed E-state index contributed by atoms with van der Waals surface area (Å²) in [4.78, 5) is 21.2. The molecule has 1 aromatic carbocycles. The molecule has 0 amide bonds. The highest BCUT2D eigenvalue weighted by molar-refractivity contribution is 5.72.